The molecule has 0 saturated heterocycles. The summed E-state index contributed by atoms with van der Waals surface area (Å²) in [6, 6.07) is 0.626. The highest BCUT2D eigenvalue weighted by molar-refractivity contribution is 6.08. The number of hydrogen-bond acceptors (Lipinski definition) is 2. The third-order valence-electron chi connectivity index (χ3n) is 3.08. The van der Waals surface area contributed by atoms with Crippen molar-refractivity contribution >= 4 is 17.6 Å². The van der Waals surface area contributed by atoms with Gasteiger partial charge in [-0.3, -0.25) is 9.59 Å². The Bertz CT molecular complexity index is 591. The van der Waals surface area contributed by atoms with Gasteiger partial charge in [0.15, 0.2) is 17.5 Å². The predicted molar refractivity (Wildman–Crippen MR) is 59.5 cm³/mol. The zero-order valence-electron chi connectivity index (χ0n) is 10.00. The molecule has 0 aliphatic carbocycles. The number of carbonyl (C=O) groups is 2. The van der Waals surface area contributed by atoms with Gasteiger partial charge in [-0.2, -0.15) is 0 Å². The minimum atomic E-state index is -1.78. The zero-order chi connectivity index (χ0) is 15.0. The lowest BCUT2D eigenvalue weighted by molar-refractivity contribution is -0.146. The van der Waals surface area contributed by atoms with Crippen LogP contribution in [0.1, 0.15) is 5.56 Å². The van der Waals surface area contributed by atoms with Crippen LogP contribution in [0.3, 0.4) is 0 Å². The second-order valence-electron chi connectivity index (χ2n) is 4.27. The summed E-state index contributed by atoms with van der Waals surface area (Å²) in [5, 5.41) is 8.91. The maximum Gasteiger partial charge on any atom is 0.316 e. The second kappa shape index (κ2) is 5.10. The van der Waals surface area contributed by atoms with Gasteiger partial charge < -0.3 is 10.0 Å². The van der Waals surface area contributed by atoms with Crippen LogP contribution in [0.4, 0.5) is 23.2 Å². The molecular formula is C12H9F4NO3. The number of benzene rings is 1. The Morgan fingerprint density at radius 2 is 2.00 bits per heavy atom. The molecule has 1 aromatic carbocycles. The molecule has 2 rings (SSSR count). The van der Waals surface area contributed by atoms with Crippen molar-refractivity contribution in [2.75, 3.05) is 18.1 Å². The van der Waals surface area contributed by atoms with Crippen LogP contribution in [-0.2, 0) is 16.0 Å². The van der Waals surface area contributed by atoms with E-state index in [-0.39, 0.29) is 5.56 Å². The highest BCUT2D eigenvalue weighted by Crippen LogP contribution is 2.35. The van der Waals surface area contributed by atoms with E-state index in [2.05, 4.69) is 0 Å². The van der Waals surface area contributed by atoms with Crippen molar-refractivity contribution in [1.29, 1.82) is 0 Å². The minimum absolute atomic E-state index is 0.179. The maximum atomic E-state index is 13.7. The largest absolute Gasteiger partial charge is 0.481 e. The molecule has 4 nitrogen and oxygen atoms in total. The molecule has 0 saturated carbocycles. The lowest BCUT2D eigenvalue weighted by Gasteiger charge is -2.32. The summed E-state index contributed by atoms with van der Waals surface area (Å²) < 4.78 is 52.6. The number of carbonyl (C=O) groups excluding carboxylic acids is 1. The molecule has 0 spiro atoms. The summed E-state index contributed by atoms with van der Waals surface area (Å²) in [6.45, 7) is -1.70. The van der Waals surface area contributed by atoms with E-state index in [1.54, 1.807) is 0 Å². The molecular weight excluding hydrogens is 282 g/mol. The molecule has 0 fully saturated rings. The van der Waals surface area contributed by atoms with E-state index in [0.29, 0.717) is 11.0 Å². The number of rotatable bonds is 3. The van der Waals surface area contributed by atoms with Crippen molar-refractivity contribution in [3.8, 4) is 0 Å². The van der Waals surface area contributed by atoms with Gasteiger partial charge in [0, 0.05) is 0 Å². The maximum absolute atomic E-state index is 13.7. The highest BCUT2D eigenvalue weighted by Gasteiger charge is 2.40. The van der Waals surface area contributed by atoms with Crippen LogP contribution in [-0.4, -0.2) is 30.2 Å². The van der Waals surface area contributed by atoms with E-state index >= 15 is 0 Å². The van der Waals surface area contributed by atoms with Gasteiger partial charge in [0.1, 0.15) is 12.6 Å². The van der Waals surface area contributed by atoms with Crippen molar-refractivity contribution in [1.82, 2.24) is 0 Å². The molecule has 108 valence electrons. The summed E-state index contributed by atoms with van der Waals surface area (Å²) >= 11 is 0. The Morgan fingerprint density at radius 1 is 1.35 bits per heavy atom. The normalized spacial score (nSPS) is 18.1. The van der Waals surface area contributed by atoms with E-state index < -0.39 is 60.6 Å². The monoisotopic (exact) mass is 291 g/mol. The van der Waals surface area contributed by atoms with Crippen molar-refractivity contribution in [2.24, 2.45) is 5.92 Å². The summed E-state index contributed by atoms with van der Waals surface area (Å²) in [5.41, 5.74) is -0.772. The van der Waals surface area contributed by atoms with Gasteiger partial charge >= 0.3 is 5.97 Å². The standard InChI is InChI=1S/C12H9F4NO3/c13-1-2-17-10-5(3-6(11(17)18)12(19)20)4-7(14)8(15)9(10)16/h4,6H,1-3H2,(H,19,20). The second-order valence-corrected chi connectivity index (χ2v) is 4.27. The molecule has 8 heteroatoms. The molecule has 20 heavy (non-hydrogen) atoms. The molecule has 1 heterocycles. The average molecular weight is 291 g/mol. The number of halogens is 4. The zero-order valence-corrected chi connectivity index (χ0v) is 10.00. The number of carboxylic acids is 1. The molecule has 1 amide bonds. The SMILES string of the molecule is O=C(O)C1Cc2cc(F)c(F)c(F)c2N(CCF)C1=O. The fourth-order valence-electron chi connectivity index (χ4n) is 2.19. The van der Waals surface area contributed by atoms with Gasteiger partial charge in [-0.1, -0.05) is 0 Å². The van der Waals surface area contributed by atoms with Crippen molar-refractivity contribution < 1.29 is 32.3 Å². The van der Waals surface area contributed by atoms with Gasteiger partial charge in [0.25, 0.3) is 0 Å². The molecule has 1 unspecified atom stereocenters. The van der Waals surface area contributed by atoms with Gasteiger partial charge in [-0.15, -0.1) is 0 Å². The van der Waals surface area contributed by atoms with Crippen LogP contribution in [0.2, 0.25) is 0 Å². The van der Waals surface area contributed by atoms with E-state index in [1.165, 1.54) is 0 Å². The Kier molecular flexibility index (Phi) is 3.65. The molecule has 1 aromatic rings. The first-order chi connectivity index (χ1) is 9.38. The number of nitrogens with zero attached hydrogens (tertiary/aromatic N) is 1. The van der Waals surface area contributed by atoms with Crippen LogP contribution in [0.15, 0.2) is 6.07 Å². The Morgan fingerprint density at radius 3 is 2.55 bits per heavy atom. The van der Waals surface area contributed by atoms with Crippen molar-refractivity contribution in [3.05, 3.63) is 29.1 Å². The summed E-state index contributed by atoms with van der Waals surface area (Å²) in [4.78, 5) is 23.3. The molecule has 1 N–H and O–H groups in total. The first-order valence-corrected chi connectivity index (χ1v) is 5.65. The van der Waals surface area contributed by atoms with Crippen molar-refractivity contribution in [2.45, 2.75) is 6.42 Å². The smallest absolute Gasteiger partial charge is 0.316 e. The minimum Gasteiger partial charge on any atom is -0.481 e. The van der Waals surface area contributed by atoms with Crippen LogP contribution in [0.25, 0.3) is 0 Å². The fourth-order valence-corrected chi connectivity index (χ4v) is 2.19. The topological polar surface area (TPSA) is 57.6 Å². The fraction of sp³-hybridized carbons (Fsp3) is 0.333. The number of carboxylic acid groups (broad SMARTS) is 1. The lowest BCUT2D eigenvalue weighted by atomic mass is 9.91. The number of anilines is 1. The number of aliphatic carboxylic acids is 1. The summed E-state index contributed by atoms with van der Waals surface area (Å²) in [6.07, 6.45) is -0.472. The third-order valence-corrected chi connectivity index (χ3v) is 3.08. The molecule has 1 aliphatic heterocycles. The van der Waals surface area contributed by atoms with Crippen molar-refractivity contribution in [3.63, 3.8) is 0 Å². The quantitative estimate of drug-likeness (QED) is 0.523. The van der Waals surface area contributed by atoms with Gasteiger partial charge in [-0.05, 0) is 18.1 Å². The molecule has 1 aliphatic rings. The number of alkyl halides is 1. The Balaban J connectivity index is 2.62. The third kappa shape index (κ3) is 2.10. The number of hydrogen-bond donors (Lipinski definition) is 1. The van der Waals surface area contributed by atoms with Gasteiger partial charge in [-0.25, -0.2) is 17.6 Å². The van der Waals surface area contributed by atoms with E-state index in [4.69, 9.17) is 5.11 Å². The van der Waals surface area contributed by atoms with Gasteiger partial charge in [0.05, 0.1) is 12.2 Å². The van der Waals surface area contributed by atoms with E-state index in [9.17, 15) is 27.2 Å². The molecule has 0 radical (unpaired) electrons. The highest BCUT2D eigenvalue weighted by atomic mass is 19.2. The summed E-state index contributed by atoms with van der Waals surface area (Å²) in [7, 11) is 0. The Hall–Kier alpha value is -2.12. The molecule has 0 bridgehead atoms. The Labute approximate surface area is 110 Å². The number of amides is 1. The van der Waals surface area contributed by atoms with Crippen LogP contribution < -0.4 is 4.90 Å². The van der Waals surface area contributed by atoms with E-state index in [0.717, 1.165) is 0 Å². The van der Waals surface area contributed by atoms with E-state index in [1.807, 2.05) is 0 Å². The summed E-state index contributed by atoms with van der Waals surface area (Å²) in [5.74, 6) is -9.00. The average Bonchev–Trinajstić information content (AvgIpc) is 2.39. The molecule has 0 aromatic heterocycles. The van der Waals surface area contributed by atoms with Crippen LogP contribution >= 0.6 is 0 Å². The first-order valence-electron chi connectivity index (χ1n) is 5.65. The number of fused-ring (bicyclic) bond motifs is 1. The van der Waals surface area contributed by atoms with Crippen LogP contribution in [0.5, 0.6) is 0 Å². The van der Waals surface area contributed by atoms with Gasteiger partial charge in [0.2, 0.25) is 5.91 Å². The van der Waals surface area contributed by atoms with Crippen LogP contribution in [0, 0.1) is 23.4 Å². The molecule has 1 atom stereocenters. The lowest BCUT2D eigenvalue weighted by Crippen LogP contribution is -2.46. The predicted octanol–water partition coefficient (Wildman–Crippen LogP) is 1.66. The first kappa shape index (κ1) is 14.3.